The number of primary amides is 1. The maximum Gasteiger partial charge on any atom is 0.335 e. The fourth-order valence-electron chi connectivity index (χ4n) is 10.2. The largest absolute Gasteiger partial charge is 0.379 e. The number of hydrogen-bond acceptors (Lipinski definition) is 15. The first-order chi connectivity index (χ1) is 36.2. The van der Waals surface area contributed by atoms with E-state index in [9.17, 15) is 38.4 Å². The summed E-state index contributed by atoms with van der Waals surface area (Å²) in [6.45, 7) is 15.6. The zero-order chi connectivity index (χ0) is 56.2. The maximum absolute atomic E-state index is 14.6. The van der Waals surface area contributed by atoms with Gasteiger partial charge in [0, 0.05) is 70.7 Å². The number of hydroxylamine groups is 2. The van der Waals surface area contributed by atoms with E-state index in [4.69, 9.17) is 34.3 Å². The van der Waals surface area contributed by atoms with Crippen LogP contribution in [0.2, 0.25) is 0 Å². The Morgan fingerprint density at radius 1 is 0.829 bits per heavy atom. The summed E-state index contributed by atoms with van der Waals surface area (Å²) in [5, 5.41) is 7.35. The molecule has 2 fully saturated rings. The van der Waals surface area contributed by atoms with Gasteiger partial charge in [0.2, 0.25) is 29.5 Å². The Bertz CT molecular complexity index is 2220. The first kappa shape index (κ1) is 63.0. The number of hydrogen-bond donors (Lipinski definition) is 4. The van der Waals surface area contributed by atoms with Crippen LogP contribution in [0.4, 0.5) is 0 Å². The predicted octanol–water partition coefficient (Wildman–Crippen LogP) is 2.75. The SMILES string of the molecule is CC[C@H](C)C([C@@H](CC(=O)N1CCC[C@H]1[C@H](OC)[C@@H](C)C(=O)N[C@@H](Cc1c[nH]c2ccccc12)C(N)=O)OC)N(C)C(=O)[C@@H](NC(=O)[C@H](C(C)C)N(C)CCOCCOCCOCCC(=O)ON1C(=O)CCC1=O)C(C)C. The summed E-state index contributed by atoms with van der Waals surface area (Å²) in [7, 11) is 6.56. The van der Waals surface area contributed by atoms with E-state index in [2.05, 4.69) is 15.6 Å². The van der Waals surface area contributed by atoms with Crippen LogP contribution >= 0.6 is 0 Å². The second-order valence-corrected chi connectivity index (χ2v) is 20.6. The Morgan fingerprint density at radius 2 is 1.46 bits per heavy atom. The van der Waals surface area contributed by atoms with Gasteiger partial charge in [-0.3, -0.25) is 38.5 Å². The molecule has 0 bridgehead atoms. The molecule has 426 valence electrons. The Balaban J connectivity index is 1.29. The molecular formula is C54H86N8O14. The van der Waals surface area contributed by atoms with Crippen molar-refractivity contribution in [2.45, 2.75) is 142 Å². The molecule has 22 heteroatoms. The van der Waals surface area contributed by atoms with E-state index in [1.54, 1.807) is 30.0 Å². The van der Waals surface area contributed by atoms with E-state index in [0.29, 0.717) is 44.0 Å². The molecule has 0 saturated carbocycles. The first-order valence-corrected chi connectivity index (χ1v) is 26.7. The lowest BCUT2D eigenvalue weighted by Crippen LogP contribution is -2.60. The number of amides is 7. The summed E-state index contributed by atoms with van der Waals surface area (Å²) < 4.78 is 28.8. The molecule has 22 nitrogen and oxygen atoms in total. The highest BCUT2D eigenvalue weighted by atomic mass is 16.7. The van der Waals surface area contributed by atoms with E-state index in [1.165, 1.54) is 14.2 Å². The van der Waals surface area contributed by atoms with Crippen molar-refractivity contribution in [1.29, 1.82) is 0 Å². The van der Waals surface area contributed by atoms with Gasteiger partial charge in [-0.25, -0.2) is 4.79 Å². The minimum absolute atomic E-state index is 0.0221. The van der Waals surface area contributed by atoms with Crippen LogP contribution < -0.4 is 16.4 Å². The number of ether oxygens (including phenoxy) is 5. The second-order valence-electron chi connectivity index (χ2n) is 20.6. The molecule has 1 unspecified atom stereocenters. The maximum atomic E-state index is 14.6. The number of fused-ring (bicyclic) bond motifs is 1. The summed E-state index contributed by atoms with van der Waals surface area (Å²) in [5.41, 5.74) is 7.55. The number of methoxy groups -OCH3 is 2. The van der Waals surface area contributed by atoms with Crippen LogP contribution in [0, 0.1) is 23.7 Å². The number of nitrogens with two attached hydrogens (primary N) is 1. The van der Waals surface area contributed by atoms with Crippen molar-refractivity contribution in [3.63, 3.8) is 0 Å². The number of likely N-dealkylation sites (N-methyl/N-ethyl adjacent to an activating group) is 2. The molecule has 2 aliphatic rings. The lowest BCUT2D eigenvalue weighted by Gasteiger charge is -2.41. The minimum Gasteiger partial charge on any atom is -0.379 e. The van der Waals surface area contributed by atoms with Crippen molar-refractivity contribution in [1.82, 2.24) is 35.4 Å². The number of H-pyrrole nitrogens is 1. The molecule has 3 heterocycles. The van der Waals surface area contributed by atoms with Crippen LogP contribution in [0.15, 0.2) is 30.5 Å². The number of rotatable bonds is 34. The van der Waals surface area contributed by atoms with Gasteiger partial charge in [-0.15, -0.1) is 5.06 Å². The number of carbonyl (C=O) groups is 8. The number of benzene rings is 1. The van der Waals surface area contributed by atoms with E-state index in [0.717, 1.165) is 16.5 Å². The van der Waals surface area contributed by atoms with E-state index < -0.39 is 77.9 Å². The van der Waals surface area contributed by atoms with Crippen LogP contribution in [0.5, 0.6) is 0 Å². The molecule has 0 spiro atoms. The standard InChI is InChI=1S/C54H86N8O14/c1-12-35(6)49(42(71-10)31-45(65)61-22-15-18-41(61)50(72-11)36(7)52(68)57-40(51(55)67)30-37-32-56-39-17-14-13-16-38(37)39)60(9)54(70)47(33(2)3)58-53(69)48(34(4)5)59(8)23-25-74-27-29-75-28-26-73-24-21-46(66)76-62-43(63)19-20-44(62)64/h13-14,16-17,32-36,40-42,47-50,56H,12,15,18-31H2,1-11H3,(H2,55,67)(H,57,68)(H,58,69)/t35-,36+,40-,41-,42+,47-,48-,49?,50+/m0/s1. The van der Waals surface area contributed by atoms with E-state index in [-0.39, 0.29) is 101 Å². The fourth-order valence-corrected chi connectivity index (χ4v) is 10.2. The third kappa shape index (κ3) is 17.5. The molecule has 1 aromatic heterocycles. The van der Waals surface area contributed by atoms with Gasteiger partial charge in [-0.2, -0.15) is 0 Å². The van der Waals surface area contributed by atoms with Crippen LogP contribution in [0.3, 0.4) is 0 Å². The molecule has 0 aliphatic carbocycles. The lowest BCUT2D eigenvalue weighted by atomic mass is 9.89. The highest BCUT2D eigenvalue weighted by Crippen LogP contribution is 2.30. The van der Waals surface area contributed by atoms with Gasteiger partial charge >= 0.3 is 5.97 Å². The van der Waals surface area contributed by atoms with E-state index in [1.807, 2.05) is 77.8 Å². The summed E-state index contributed by atoms with van der Waals surface area (Å²) in [5.74, 6) is -5.02. The third-order valence-electron chi connectivity index (χ3n) is 14.6. The van der Waals surface area contributed by atoms with Gasteiger partial charge < -0.3 is 59.7 Å². The van der Waals surface area contributed by atoms with Crippen LogP contribution in [0.25, 0.3) is 10.9 Å². The monoisotopic (exact) mass is 1070 g/mol. The average molecular weight is 1070 g/mol. The van der Waals surface area contributed by atoms with Crippen LogP contribution in [-0.2, 0) is 73.3 Å². The molecule has 9 atom stereocenters. The molecule has 2 aliphatic heterocycles. The van der Waals surface area contributed by atoms with Gasteiger partial charge in [-0.1, -0.05) is 73.1 Å². The summed E-state index contributed by atoms with van der Waals surface area (Å²) in [6, 6.07) is 4.21. The molecule has 5 N–H and O–H groups in total. The Hall–Kier alpha value is -5.52. The Labute approximate surface area is 448 Å². The van der Waals surface area contributed by atoms with E-state index >= 15 is 0 Å². The molecule has 2 saturated heterocycles. The van der Waals surface area contributed by atoms with Crippen molar-refractivity contribution in [3.05, 3.63) is 36.0 Å². The smallest absolute Gasteiger partial charge is 0.335 e. The normalized spacial score (nSPS) is 18.2. The summed E-state index contributed by atoms with van der Waals surface area (Å²) >= 11 is 0. The highest BCUT2D eigenvalue weighted by Gasteiger charge is 2.44. The number of para-hydroxylation sites is 1. The van der Waals surface area contributed by atoms with Crippen molar-refractivity contribution in [2.24, 2.45) is 29.4 Å². The number of nitrogens with one attached hydrogen (secondary N) is 3. The number of aromatic amines is 1. The van der Waals surface area contributed by atoms with Gasteiger partial charge in [0.05, 0.1) is 88.7 Å². The zero-order valence-electron chi connectivity index (χ0n) is 46.6. The molecule has 1 aromatic carbocycles. The van der Waals surface area contributed by atoms with Crippen LogP contribution in [-0.4, -0.2) is 196 Å². The van der Waals surface area contributed by atoms with Gasteiger partial charge in [0.1, 0.15) is 12.1 Å². The molecule has 76 heavy (non-hydrogen) atoms. The molecule has 2 aromatic rings. The molecule has 7 amide bonds. The van der Waals surface area contributed by atoms with Gasteiger partial charge in [0.25, 0.3) is 11.8 Å². The lowest BCUT2D eigenvalue weighted by molar-refractivity contribution is -0.198. The number of nitrogens with zero attached hydrogens (tertiary/aromatic N) is 4. The zero-order valence-corrected chi connectivity index (χ0v) is 46.6. The van der Waals surface area contributed by atoms with Crippen LogP contribution in [0.1, 0.15) is 99.0 Å². The first-order valence-electron chi connectivity index (χ1n) is 26.7. The number of likely N-dealkylation sites (tertiary alicyclic amines) is 1. The third-order valence-corrected chi connectivity index (χ3v) is 14.6. The highest BCUT2D eigenvalue weighted by molar-refractivity contribution is 6.01. The molecule has 4 rings (SSSR count). The van der Waals surface area contributed by atoms with Gasteiger partial charge in [-0.05, 0) is 49.3 Å². The van der Waals surface area contributed by atoms with Crippen molar-refractivity contribution in [2.75, 3.05) is 81.0 Å². The summed E-state index contributed by atoms with van der Waals surface area (Å²) in [6.07, 6.45) is 2.38. The predicted molar refractivity (Wildman–Crippen MR) is 282 cm³/mol. The average Bonchev–Trinajstić information content (AvgIpc) is 4.12. The number of imide groups is 1. The molecular weight excluding hydrogens is 985 g/mol. The Kier molecular flexibility index (Phi) is 25.7. The minimum atomic E-state index is -0.980. The Morgan fingerprint density at radius 3 is 2.05 bits per heavy atom. The fraction of sp³-hybridized carbons (Fsp3) is 0.704. The van der Waals surface area contributed by atoms with Crippen molar-refractivity contribution in [3.8, 4) is 0 Å². The van der Waals surface area contributed by atoms with Crippen molar-refractivity contribution < 1.29 is 66.9 Å². The second kappa shape index (κ2) is 31.0. The van der Waals surface area contributed by atoms with Crippen molar-refractivity contribution >= 4 is 58.2 Å². The number of carbonyl (C=O) groups excluding carboxylic acids is 8. The summed E-state index contributed by atoms with van der Waals surface area (Å²) in [4.78, 5) is 118. The van der Waals surface area contributed by atoms with Gasteiger partial charge in [0.15, 0.2) is 0 Å². The number of aromatic nitrogens is 1. The topological polar surface area (TPSA) is 271 Å². The molecule has 0 radical (unpaired) electrons. The quantitative estimate of drug-likeness (QED) is 0.0580.